The van der Waals surface area contributed by atoms with Gasteiger partial charge in [0.25, 0.3) is 5.56 Å². The molecule has 1 aromatic heterocycles. The van der Waals surface area contributed by atoms with Crippen molar-refractivity contribution in [1.29, 1.82) is 0 Å². The van der Waals surface area contributed by atoms with Crippen LogP contribution in [0.25, 0.3) is 21.8 Å². The number of rotatable bonds is 4. The lowest BCUT2D eigenvalue weighted by molar-refractivity contribution is 0.0512. The molecule has 0 amide bonds. The van der Waals surface area contributed by atoms with Crippen molar-refractivity contribution in [3.05, 3.63) is 87.8 Å². The molecule has 0 radical (unpaired) electrons. The summed E-state index contributed by atoms with van der Waals surface area (Å²) in [5, 5.41) is 2.76. The molecular formula is C30H29N3O3. The van der Waals surface area contributed by atoms with E-state index in [1.165, 1.54) is 21.9 Å². The molecule has 6 nitrogen and oxygen atoms in total. The van der Waals surface area contributed by atoms with E-state index in [1.54, 1.807) is 6.92 Å². The first-order chi connectivity index (χ1) is 17.6. The molecule has 2 fully saturated rings. The van der Waals surface area contributed by atoms with Gasteiger partial charge in [-0.3, -0.25) is 9.69 Å². The smallest absolute Gasteiger partial charge is 0.362 e. The Bertz CT molecular complexity index is 1560. The number of hydrogen-bond acceptors (Lipinski definition) is 5. The molecule has 3 heterocycles. The second-order valence-electron chi connectivity index (χ2n) is 10.4. The zero-order chi connectivity index (χ0) is 24.4. The molecule has 6 heteroatoms. The Morgan fingerprint density at radius 3 is 2.50 bits per heavy atom. The summed E-state index contributed by atoms with van der Waals surface area (Å²) in [5.41, 5.74) is 3.92. The Kier molecular flexibility index (Phi) is 5.00. The number of ether oxygens (including phenoxy) is 1. The molecule has 0 spiro atoms. The molecule has 182 valence electrons. The van der Waals surface area contributed by atoms with Crippen molar-refractivity contribution in [3.8, 4) is 0 Å². The third kappa shape index (κ3) is 3.17. The maximum Gasteiger partial charge on any atom is 0.362 e. The van der Waals surface area contributed by atoms with Crippen LogP contribution in [0.4, 0.5) is 0 Å². The van der Waals surface area contributed by atoms with E-state index < -0.39 is 5.97 Å². The van der Waals surface area contributed by atoms with Gasteiger partial charge in [-0.2, -0.15) is 0 Å². The fourth-order valence-electron chi connectivity index (χ4n) is 7.24. The van der Waals surface area contributed by atoms with Gasteiger partial charge in [0.1, 0.15) is 0 Å². The van der Waals surface area contributed by atoms with Gasteiger partial charge < -0.3 is 9.30 Å². The fraction of sp³-hybridized carbons (Fsp3) is 0.367. The topological polar surface area (TPSA) is 64.4 Å². The highest BCUT2D eigenvalue weighted by molar-refractivity contribution is 5.91. The standard InChI is InChI=1S/C30H29N3O3/c1-2-36-30(35)28-29(34)33(25-12-4-3-11-24(25)31-28)22-16-20-13-14-21(17-22)32(20)26-15-19-9-5-7-18-8-6-10-23(26)27(18)19/h3-12,20-22,26H,2,13-17H2,1H3. The van der Waals surface area contributed by atoms with Crippen LogP contribution >= 0.6 is 0 Å². The third-order valence-electron chi connectivity index (χ3n) is 8.55. The van der Waals surface area contributed by atoms with E-state index in [0.717, 1.165) is 37.6 Å². The van der Waals surface area contributed by atoms with Crippen molar-refractivity contribution in [1.82, 2.24) is 14.5 Å². The van der Waals surface area contributed by atoms with Crippen molar-refractivity contribution >= 4 is 27.8 Å². The van der Waals surface area contributed by atoms with Crippen LogP contribution in [0.3, 0.4) is 0 Å². The molecule has 2 aliphatic heterocycles. The molecule has 0 N–H and O–H groups in total. The number of fused-ring (bicyclic) bond motifs is 3. The highest BCUT2D eigenvalue weighted by Gasteiger charge is 2.46. The predicted molar refractivity (Wildman–Crippen MR) is 139 cm³/mol. The van der Waals surface area contributed by atoms with Crippen LogP contribution in [0.1, 0.15) is 66.3 Å². The second-order valence-corrected chi connectivity index (χ2v) is 10.4. The van der Waals surface area contributed by atoms with Crippen LogP contribution in [0.15, 0.2) is 65.5 Å². The Balaban J connectivity index is 1.26. The summed E-state index contributed by atoms with van der Waals surface area (Å²) < 4.78 is 7.02. The summed E-state index contributed by atoms with van der Waals surface area (Å²) in [6.07, 6.45) is 5.14. The number of carbonyl (C=O) groups is 1. The summed E-state index contributed by atoms with van der Waals surface area (Å²) in [4.78, 5) is 33.4. The molecule has 3 aliphatic rings. The Morgan fingerprint density at radius 1 is 0.972 bits per heavy atom. The van der Waals surface area contributed by atoms with Gasteiger partial charge in [-0.05, 0) is 73.1 Å². The van der Waals surface area contributed by atoms with Gasteiger partial charge in [0, 0.05) is 24.2 Å². The SMILES string of the molecule is CCOC(=O)c1nc2ccccc2n(C2CC3CCC(C2)N3C2Cc3cccc4cccc2c34)c1=O. The van der Waals surface area contributed by atoms with Crippen molar-refractivity contribution in [2.75, 3.05) is 6.61 Å². The maximum atomic E-state index is 13.6. The van der Waals surface area contributed by atoms with Crippen LogP contribution in [-0.2, 0) is 11.2 Å². The fourth-order valence-corrected chi connectivity index (χ4v) is 7.24. The number of piperidine rings is 1. The summed E-state index contributed by atoms with van der Waals surface area (Å²) in [5.74, 6) is -0.640. The monoisotopic (exact) mass is 479 g/mol. The van der Waals surface area contributed by atoms with E-state index >= 15 is 0 Å². The first-order valence-corrected chi connectivity index (χ1v) is 13.1. The van der Waals surface area contributed by atoms with E-state index in [9.17, 15) is 9.59 Å². The zero-order valence-corrected chi connectivity index (χ0v) is 20.4. The minimum Gasteiger partial charge on any atom is -0.461 e. The number of para-hydroxylation sites is 2. The van der Waals surface area contributed by atoms with Gasteiger partial charge >= 0.3 is 5.97 Å². The van der Waals surface area contributed by atoms with Crippen LogP contribution in [0.2, 0.25) is 0 Å². The van der Waals surface area contributed by atoms with E-state index in [4.69, 9.17) is 4.74 Å². The second kappa shape index (κ2) is 8.27. The van der Waals surface area contributed by atoms with Crippen molar-refractivity contribution < 1.29 is 9.53 Å². The summed E-state index contributed by atoms with van der Waals surface area (Å²) in [6.45, 7) is 1.96. The van der Waals surface area contributed by atoms with Crippen LogP contribution in [0, 0.1) is 0 Å². The molecule has 3 aromatic carbocycles. The molecule has 3 unspecified atom stereocenters. The Hall–Kier alpha value is -3.51. The number of carbonyl (C=O) groups excluding carboxylic acids is 1. The zero-order valence-electron chi connectivity index (χ0n) is 20.4. The molecule has 4 aromatic rings. The molecule has 1 aliphatic carbocycles. The van der Waals surface area contributed by atoms with Gasteiger partial charge in [-0.25, -0.2) is 9.78 Å². The molecule has 36 heavy (non-hydrogen) atoms. The summed E-state index contributed by atoms with van der Waals surface area (Å²) in [7, 11) is 0. The summed E-state index contributed by atoms with van der Waals surface area (Å²) >= 11 is 0. The third-order valence-corrected chi connectivity index (χ3v) is 8.55. The minimum atomic E-state index is -0.640. The molecular weight excluding hydrogens is 450 g/mol. The molecule has 2 bridgehead atoms. The van der Waals surface area contributed by atoms with Crippen molar-refractivity contribution in [2.45, 2.75) is 63.2 Å². The molecule has 2 saturated heterocycles. The lowest BCUT2D eigenvalue weighted by Gasteiger charge is -2.43. The first-order valence-electron chi connectivity index (χ1n) is 13.1. The minimum absolute atomic E-state index is 0.0342. The number of hydrogen-bond donors (Lipinski definition) is 0. The molecule has 3 atom stereocenters. The van der Waals surface area contributed by atoms with Gasteiger partial charge in [0.15, 0.2) is 0 Å². The normalized spacial score (nSPS) is 25.0. The van der Waals surface area contributed by atoms with Gasteiger partial charge in [0.2, 0.25) is 5.69 Å². The molecule has 0 saturated carbocycles. The van der Waals surface area contributed by atoms with E-state index in [-0.39, 0.29) is 23.9 Å². The number of benzene rings is 3. The average molecular weight is 480 g/mol. The van der Waals surface area contributed by atoms with Crippen LogP contribution in [-0.4, -0.2) is 39.1 Å². The predicted octanol–water partition coefficient (Wildman–Crippen LogP) is 5.19. The highest BCUT2D eigenvalue weighted by atomic mass is 16.5. The van der Waals surface area contributed by atoms with Gasteiger partial charge in [-0.1, -0.05) is 48.5 Å². The van der Waals surface area contributed by atoms with Gasteiger partial charge in [0.05, 0.1) is 17.6 Å². The highest BCUT2D eigenvalue weighted by Crippen LogP contribution is 2.50. The van der Waals surface area contributed by atoms with Crippen LogP contribution in [0.5, 0.6) is 0 Å². The van der Waals surface area contributed by atoms with E-state index in [2.05, 4.69) is 46.3 Å². The number of esters is 1. The largest absolute Gasteiger partial charge is 0.461 e. The lowest BCUT2D eigenvalue weighted by Crippen LogP contribution is -2.47. The Labute approximate surface area is 209 Å². The summed E-state index contributed by atoms with van der Waals surface area (Å²) in [6, 6.07) is 22.3. The van der Waals surface area contributed by atoms with E-state index in [0.29, 0.717) is 23.6 Å². The van der Waals surface area contributed by atoms with Crippen molar-refractivity contribution in [2.24, 2.45) is 0 Å². The van der Waals surface area contributed by atoms with E-state index in [1.807, 2.05) is 28.8 Å². The lowest BCUT2D eigenvalue weighted by atomic mass is 9.92. The molecule has 7 rings (SSSR count). The first kappa shape index (κ1) is 21.7. The maximum absolute atomic E-state index is 13.6. The number of nitrogens with zero attached hydrogens (tertiary/aromatic N) is 3. The van der Waals surface area contributed by atoms with Crippen LogP contribution < -0.4 is 5.56 Å². The average Bonchev–Trinajstić information content (AvgIpc) is 3.38. The van der Waals surface area contributed by atoms with Gasteiger partial charge in [-0.15, -0.1) is 0 Å². The number of aromatic nitrogens is 2. The Morgan fingerprint density at radius 2 is 1.72 bits per heavy atom. The van der Waals surface area contributed by atoms with Crippen molar-refractivity contribution in [3.63, 3.8) is 0 Å². The quantitative estimate of drug-likeness (QED) is 0.377.